The van der Waals surface area contributed by atoms with E-state index in [1.165, 1.54) is 0 Å². The number of aromatic nitrogens is 2. The molecule has 0 unspecified atom stereocenters. The second-order valence-electron chi connectivity index (χ2n) is 6.44. The topological polar surface area (TPSA) is 74.1 Å². The maximum atomic E-state index is 9.91. The van der Waals surface area contributed by atoms with Gasteiger partial charge in [-0.25, -0.2) is 4.98 Å². The Bertz CT molecular complexity index is 1040. The van der Waals surface area contributed by atoms with Crippen LogP contribution in [0.15, 0.2) is 48.5 Å². The van der Waals surface area contributed by atoms with Gasteiger partial charge in [0.2, 0.25) is 5.95 Å². The fraction of sp³-hybridized carbons (Fsp3) is 0.190. The molecular formula is C21H17Cl2N5O. The van der Waals surface area contributed by atoms with Crippen LogP contribution in [0.3, 0.4) is 0 Å². The lowest BCUT2D eigenvalue weighted by atomic mass is 10.1. The van der Waals surface area contributed by atoms with Crippen LogP contribution in [-0.4, -0.2) is 36.3 Å². The molecule has 6 nitrogen and oxygen atoms in total. The average molecular weight is 426 g/mol. The van der Waals surface area contributed by atoms with Crippen LogP contribution >= 0.6 is 23.2 Å². The van der Waals surface area contributed by atoms with Crippen LogP contribution < -0.4 is 10.2 Å². The molecular weight excluding hydrogens is 409 g/mol. The lowest BCUT2D eigenvalue weighted by molar-refractivity contribution is 0.122. The number of nitrogens with one attached hydrogen (secondary N) is 1. The van der Waals surface area contributed by atoms with Crippen LogP contribution in [0, 0.1) is 11.3 Å². The van der Waals surface area contributed by atoms with Gasteiger partial charge in [-0.2, -0.15) is 10.2 Å². The van der Waals surface area contributed by atoms with Gasteiger partial charge in [0, 0.05) is 34.4 Å². The highest BCUT2D eigenvalue weighted by Gasteiger charge is 2.22. The van der Waals surface area contributed by atoms with Crippen molar-refractivity contribution in [2.24, 2.45) is 0 Å². The highest BCUT2D eigenvalue weighted by molar-refractivity contribution is 6.30. The third kappa shape index (κ3) is 4.43. The van der Waals surface area contributed by atoms with E-state index in [1.54, 1.807) is 24.3 Å². The normalized spacial score (nSPS) is 13.8. The minimum atomic E-state index is 0.401. The van der Waals surface area contributed by atoms with Crippen LogP contribution in [0.25, 0.3) is 11.3 Å². The van der Waals surface area contributed by atoms with Gasteiger partial charge < -0.3 is 15.0 Å². The average Bonchev–Trinajstić information content (AvgIpc) is 2.76. The monoisotopic (exact) mass is 425 g/mol. The number of benzene rings is 2. The fourth-order valence-electron chi connectivity index (χ4n) is 3.09. The van der Waals surface area contributed by atoms with E-state index in [2.05, 4.69) is 26.3 Å². The Hall–Kier alpha value is -2.85. The van der Waals surface area contributed by atoms with Crippen molar-refractivity contribution in [1.29, 1.82) is 5.26 Å². The second kappa shape index (κ2) is 8.66. The van der Waals surface area contributed by atoms with Crippen LogP contribution in [0.1, 0.15) is 5.56 Å². The standard InChI is InChI=1S/C21H17Cl2N5O/c22-15-3-1-14(2-4-15)19-18(13-24)20(28-9-11-29-12-10-28)27-21(26-19)25-17-7-5-16(23)6-8-17/h1-8H,9-12H2,(H,25,26,27). The summed E-state index contributed by atoms with van der Waals surface area (Å²) < 4.78 is 5.45. The molecule has 1 fully saturated rings. The molecule has 2 aromatic carbocycles. The lowest BCUT2D eigenvalue weighted by Crippen LogP contribution is -2.37. The summed E-state index contributed by atoms with van der Waals surface area (Å²) >= 11 is 12.0. The molecule has 8 heteroatoms. The van der Waals surface area contributed by atoms with Crippen molar-refractivity contribution in [3.63, 3.8) is 0 Å². The lowest BCUT2D eigenvalue weighted by Gasteiger charge is -2.29. The van der Waals surface area contributed by atoms with E-state index in [0.717, 1.165) is 11.3 Å². The minimum Gasteiger partial charge on any atom is -0.378 e. The molecule has 0 amide bonds. The SMILES string of the molecule is N#Cc1c(-c2ccc(Cl)cc2)nc(Nc2ccc(Cl)cc2)nc1N1CCOCC1. The van der Waals surface area contributed by atoms with E-state index in [0.29, 0.717) is 59.4 Å². The van der Waals surface area contributed by atoms with Gasteiger partial charge in [-0.3, -0.25) is 0 Å². The summed E-state index contributed by atoms with van der Waals surface area (Å²) in [6.45, 7) is 2.49. The summed E-state index contributed by atoms with van der Waals surface area (Å²) in [6.07, 6.45) is 0. The number of morpholine rings is 1. The third-order valence-electron chi connectivity index (χ3n) is 4.53. The zero-order valence-corrected chi connectivity index (χ0v) is 16.9. The third-order valence-corrected chi connectivity index (χ3v) is 5.03. The van der Waals surface area contributed by atoms with Crippen molar-refractivity contribution in [3.8, 4) is 17.3 Å². The second-order valence-corrected chi connectivity index (χ2v) is 7.32. The highest BCUT2D eigenvalue weighted by atomic mass is 35.5. The summed E-state index contributed by atoms with van der Waals surface area (Å²) in [6, 6.07) is 16.8. The molecule has 1 aliphatic heterocycles. The zero-order chi connectivity index (χ0) is 20.2. The summed E-state index contributed by atoms with van der Waals surface area (Å²) in [5.41, 5.74) is 2.57. The number of anilines is 3. The number of ether oxygens (including phenoxy) is 1. The summed E-state index contributed by atoms with van der Waals surface area (Å²) in [5, 5.41) is 14.4. The number of nitrogens with zero attached hydrogens (tertiary/aromatic N) is 4. The van der Waals surface area contributed by atoms with Gasteiger partial charge in [-0.1, -0.05) is 35.3 Å². The largest absolute Gasteiger partial charge is 0.378 e. The number of rotatable bonds is 4. The van der Waals surface area contributed by atoms with E-state index in [4.69, 9.17) is 27.9 Å². The molecule has 0 spiro atoms. The van der Waals surface area contributed by atoms with Crippen molar-refractivity contribution in [2.45, 2.75) is 0 Å². The Kier molecular flexibility index (Phi) is 5.81. The van der Waals surface area contributed by atoms with E-state index in [-0.39, 0.29) is 0 Å². The molecule has 0 saturated carbocycles. The number of hydrogen-bond acceptors (Lipinski definition) is 6. The molecule has 0 aliphatic carbocycles. The molecule has 1 aliphatic rings. The van der Waals surface area contributed by atoms with Gasteiger partial charge >= 0.3 is 0 Å². The molecule has 1 saturated heterocycles. The summed E-state index contributed by atoms with van der Waals surface area (Å²) in [5.74, 6) is 0.991. The molecule has 29 heavy (non-hydrogen) atoms. The van der Waals surface area contributed by atoms with Crippen LogP contribution in [0.5, 0.6) is 0 Å². The first-order valence-electron chi connectivity index (χ1n) is 9.07. The van der Waals surface area contributed by atoms with E-state index < -0.39 is 0 Å². The summed E-state index contributed by atoms with van der Waals surface area (Å²) in [7, 11) is 0. The number of halogens is 2. The Morgan fingerprint density at radius 3 is 2.17 bits per heavy atom. The first-order chi connectivity index (χ1) is 14.1. The molecule has 0 atom stereocenters. The quantitative estimate of drug-likeness (QED) is 0.640. The zero-order valence-electron chi connectivity index (χ0n) is 15.4. The Morgan fingerprint density at radius 1 is 0.931 bits per heavy atom. The number of nitriles is 1. The predicted octanol–water partition coefficient (Wildman–Crippen LogP) is 4.90. The first-order valence-corrected chi connectivity index (χ1v) is 9.83. The molecule has 1 N–H and O–H groups in total. The van der Waals surface area contributed by atoms with E-state index >= 15 is 0 Å². The maximum absolute atomic E-state index is 9.91. The van der Waals surface area contributed by atoms with Gasteiger partial charge in [0.15, 0.2) is 5.82 Å². The van der Waals surface area contributed by atoms with Gasteiger partial charge in [0.1, 0.15) is 11.6 Å². The molecule has 146 valence electrons. The van der Waals surface area contributed by atoms with Gasteiger partial charge in [-0.05, 0) is 36.4 Å². The maximum Gasteiger partial charge on any atom is 0.229 e. The summed E-state index contributed by atoms with van der Waals surface area (Å²) in [4.78, 5) is 11.3. The van der Waals surface area contributed by atoms with Crippen LogP contribution in [0.4, 0.5) is 17.5 Å². The molecule has 2 heterocycles. The van der Waals surface area contributed by atoms with Crippen molar-refractivity contribution in [2.75, 3.05) is 36.5 Å². The van der Waals surface area contributed by atoms with Gasteiger partial charge in [-0.15, -0.1) is 0 Å². The molecule has 3 aromatic rings. The van der Waals surface area contributed by atoms with Gasteiger partial charge in [0.25, 0.3) is 0 Å². The minimum absolute atomic E-state index is 0.401. The molecule has 0 radical (unpaired) electrons. The van der Waals surface area contributed by atoms with Crippen LogP contribution in [0.2, 0.25) is 10.0 Å². The van der Waals surface area contributed by atoms with E-state index in [9.17, 15) is 5.26 Å². The fourth-order valence-corrected chi connectivity index (χ4v) is 3.34. The van der Waals surface area contributed by atoms with Gasteiger partial charge in [0.05, 0.1) is 18.9 Å². The van der Waals surface area contributed by atoms with Crippen molar-refractivity contribution < 1.29 is 4.74 Å². The van der Waals surface area contributed by atoms with Crippen molar-refractivity contribution in [3.05, 3.63) is 64.1 Å². The molecule has 4 rings (SSSR count). The van der Waals surface area contributed by atoms with Crippen molar-refractivity contribution >= 4 is 40.7 Å². The Labute approximate surface area is 178 Å². The highest BCUT2D eigenvalue weighted by Crippen LogP contribution is 2.31. The Balaban J connectivity index is 1.82. The predicted molar refractivity (Wildman–Crippen MR) is 115 cm³/mol. The smallest absolute Gasteiger partial charge is 0.229 e. The van der Waals surface area contributed by atoms with Crippen LogP contribution in [-0.2, 0) is 4.74 Å². The first kappa shape index (κ1) is 19.5. The molecule has 0 bridgehead atoms. The van der Waals surface area contributed by atoms with E-state index in [1.807, 2.05) is 24.3 Å². The number of hydrogen-bond donors (Lipinski definition) is 1. The van der Waals surface area contributed by atoms with Crippen molar-refractivity contribution in [1.82, 2.24) is 9.97 Å². The Morgan fingerprint density at radius 2 is 1.55 bits per heavy atom. The molecule has 1 aromatic heterocycles.